The average Bonchev–Trinajstić information content (AvgIpc) is 2.74. The summed E-state index contributed by atoms with van der Waals surface area (Å²) in [5, 5.41) is 9.12. The van der Waals surface area contributed by atoms with Gasteiger partial charge in [0.1, 0.15) is 5.52 Å². The molecule has 1 aliphatic rings. The number of H-pyrrole nitrogens is 1. The lowest BCUT2D eigenvalue weighted by molar-refractivity contribution is -0.138. The molecule has 2 N–H and O–H groups in total. The van der Waals surface area contributed by atoms with Gasteiger partial charge in [0.05, 0.1) is 6.42 Å². The Morgan fingerprint density at radius 1 is 1.58 bits per heavy atom. The molecule has 0 aromatic carbocycles. The minimum Gasteiger partial charge on any atom is -0.481 e. The van der Waals surface area contributed by atoms with Crippen molar-refractivity contribution in [3.05, 3.63) is 40.1 Å². The highest BCUT2D eigenvalue weighted by molar-refractivity contribution is 5.69. The van der Waals surface area contributed by atoms with Gasteiger partial charge in [-0.3, -0.25) is 9.59 Å². The molecule has 1 unspecified atom stereocenters. The van der Waals surface area contributed by atoms with E-state index in [1.807, 2.05) is 10.5 Å². The van der Waals surface area contributed by atoms with Crippen molar-refractivity contribution in [1.29, 1.82) is 0 Å². The highest BCUT2D eigenvalue weighted by Crippen LogP contribution is 2.49. The van der Waals surface area contributed by atoms with Gasteiger partial charge >= 0.3 is 5.97 Å². The molecule has 19 heavy (non-hydrogen) atoms. The first-order valence-electron chi connectivity index (χ1n) is 6.33. The molecule has 0 bridgehead atoms. The van der Waals surface area contributed by atoms with E-state index < -0.39 is 5.97 Å². The molecule has 100 valence electrons. The number of rotatable bonds is 2. The number of carboxylic acids is 1. The van der Waals surface area contributed by atoms with Gasteiger partial charge in [0.2, 0.25) is 0 Å². The Balaban J connectivity index is 2.24. The molecule has 5 nitrogen and oxygen atoms in total. The number of fused-ring (bicyclic) bond motifs is 3. The predicted molar refractivity (Wildman–Crippen MR) is 70.5 cm³/mol. The van der Waals surface area contributed by atoms with Crippen LogP contribution in [0.2, 0.25) is 0 Å². The van der Waals surface area contributed by atoms with Gasteiger partial charge in [-0.1, -0.05) is 13.8 Å². The summed E-state index contributed by atoms with van der Waals surface area (Å²) in [7, 11) is 0. The summed E-state index contributed by atoms with van der Waals surface area (Å²) >= 11 is 0. The van der Waals surface area contributed by atoms with Gasteiger partial charge in [0.25, 0.3) is 5.56 Å². The standard InChI is InChI=1S/C14H16N2O3/c1-14(2)7-8-5-10-13(19)15-3-4-16(10)12(8)9(14)6-11(17)18/h3-5,9H,6-7H2,1-2H3,(H,15,19)(H,17,18). The van der Waals surface area contributed by atoms with Crippen LogP contribution < -0.4 is 5.56 Å². The van der Waals surface area contributed by atoms with Crippen LogP contribution in [0.3, 0.4) is 0 Å². The molecular formula is C14H16N2O3. The lowest BCUT2D eigenvalue weighted by Crippen LogP contribution is -2.22. The van der Waals surface area contributed by atoms with E-state index in [4.69, 9.17) is 5.11 Å². The lowest BCUT2D eigenvalue weighted by Gasteiger charge is -2.26. The second-order valence-electron chi connectivity index (χ2n) is 5.92. The van der Waals surface area contributed by atoms with E-state index in [0.717, 1.165) is 17.7 Å². The van der Waals surface area contributed by atoms with Crippen molar-refractivity contribution in [1.82, 2.24) is 9.38 Å². The highest BCUT2D eigenvalue weighted by atomic mass is 16.4. The highest BCUT2D eigenvalue weighted by Gasteiger charge is 2.42. The van der Waals surface area contributed by atoms with Gasteiger partial charge in [0, 0.05) is 24.0 Å². The quantitative estimate of drug-likeness (QED) is 0.864. The third kappa shape index (κ3) is 1.69. The third-order valence-corrected chi connectivity index (χ3v) is 4.13. The number of carbonyl (C=O) groups is 1. The van der Waals surface area contributed by atoms with Crippen molar-refractivity contribution in [3.63, 3.8) is 0 Å². The van der Waals surface area contributed by atoms with Crippen LogP contribution in [0.5, 0.6) is 0 Å². The normalized spacial score (nSPS) is 20.6. The Hall–Kier alpha value is -2.04. The maximum absolute atomic E-state index is 11.8. The molecular weight excluding hydrogens is 244 g/mol. The van der Waals surface area contributed by atoms with Crippen molar-refractivity contribution < 1.29 is 9.90 Å². The molecule has 2 aromatic heterocycles. The van der Waals surface area contributed by atoms with Crippen LogP contribution in [-0.4, -0.2) is 20.5 Å². The van der Waals surface area contributed by atoms with Gasteiger partial charge in [-0.05, 0) is 23.5 Å². The van der Waals surface area contributed by atoms with E-state index in [0.29, 0.717) is 5.52 Å². The van der Waals surface area contributed by atoms with E-state index in [-0.39, 0.29) is 23.3 Å². The van der Waals surface area contributed by atoms with Crippen LogP contribution >= 0.6 is 0 Å². The average molecular weight is 260 g/mol. The number of nitrogens with one attached hydrogen (secondary N) is 1. The van der Waals surface area contributed by atoms with Crippen LogP contribution in [0.4, 0.5) is 0 Å². The SMILES string of the molecule is CC1(C)Cc2cc3c(=O)[nH]ccn3c2C1CC(=O)O. The molecule has 2 aromatic rings. The zero-order chi connectivity index (χ0) is 13.8. The first-order valence-corrected chi connectivity index (χ1v) is 6.33. The van der Waals surface area contributed by atoms with Crippen molar-refractivity contribution in [2.75, 3.05) is 0 Å². The number of aliphatic carboxylic acids is 1. The van der Waals surface area contributed by atoms with Crippen molar-refractivity contribution in [3.8, 4) is 0 Å². The van der Waals surface area contributed by atoms with Crippen molar-refractivity contribution in [2.24, 2.45) is 5.41 Å². The molecule has 1 atom stereocenters. The molecule has 0 spiro atoms. The van der Waals surface area contributed by atoms with Gasteiger partial charge in [-0.2, -0.15) is 0 Å². The zero-order valence-corrected chi connectivity index (χ0v) is 10.9. The van der Waals surface area contributed by atoms with Crippen LogP contribution in [0.25, 0.3) is 5.52 Å². The van der Waals surface area contributed by atoms with Gasteiger partial charge < -0.3 is 14.5 Å². The molecule has 2 heterocycles. The lowest BCUT2D eigenvalue weighted by atomic mass is 9.79. The van der Waals surface area contributed by atoms with Crippen LogP contribution in [0.1, 0.15) is 37.4 Å². The molecule has 0 aliphatic heterocycles. The molecule has 0 radical (unpaired) electrons. The van der Waals surface area contributed by atoms with Crippen LogP contribution in [0, 0.1) is 5.41 Å². The number of carboxylic acid groups (broad SMARTS) is 1. The second kappa shape index (κ2) is 3.73. The summed E-state index contributed by atoms with van der Waals surface area (Å²) in [5.41, 5.74) is 2.44. The summed E-state index contributed by atoms with van der Waals surface area (Å²) in [4.78, 5) is 25.5. The van der Waals surface area contributed by atoms with E-state index in [9.17, 15) is 9.59 Å². The summed E-state index contributed by atoms with van der Waals surface area (Å²) < 4.78 is 1.84. The molecule has 3 rings (SSSR count). The maximum Gasteiger partial charge on any atom is 0.304 e. The summed E-state index contributed by atoms with van der Waals surface area (Å²) in [5.74, 6) is -0.866. The van der Waals surface area contributed by atoms with Crippen molar-refractivity contribution in [2.45, 2.75) is 32.6 Å². The summed E-state index contributed by atoms with van der Waals surface area (Å²) in [6.07, 6.45) is 4.30. The minimum absolute atomic E-state index is 0.0655. The Bertz CT molecular complexity index is 724. The van der Waals surface area contributed by atoms with E-state index in [2.05, 4.69) is 18.8 Å². The second-order valence-corrected chi connectivity index (χ2v) is 5.92. The first kappa shape index (κ1) is 12.0. The molecule has 0 saturated heterocycles. The topological polar surface area (TPSA) is 74.6 Å². The number of aromatic nitrogens is 2. The first-order chi connectivity index (χ1) is 8.90. The van der Waals surface area contributed by atoms with Gasteiger partial charge in [0.15, 0.2) is 0 Å². The Labute approximate surface area is 109 Å². The Morgan fingerprint density at radius 3 is 3.00 bits per heavy atom. The molecule has 0 fully saturated rings. The third-order valence-electron chi connectivity index (χ3n) is 4.13. The van der Waals surface area contributed by atoms with E-state index in [1.54, 1.807) is 12.4 Å². The fourth-order valence-electron chi connectivity index (χ4n) is 3.26. The molecule has 1 aliphatic carbocycles. The predicted octanol–water partition coefficient (Wildman–Crippen LogP) is 1.77. The molecule has 0 saturated carbocycles. The Morgan fingerprint density at radius 2 is 2.32 bits per heavy atom. The van der Waals surface area contributed by atoms with E-state index in [1.165, 1.54) is 0 Å². The van der Waals surface area contributed by atoms with Crippen LogP contribution in [-0.2, 0) is 11.2 Å². The maximum atomic E-state index is 11.8. The number of nitrogens with zero attached hydrogens (tertiary/aromatic N) is 1. The number of aromatic amines is 1. The largest absolute Gasteiger partial charge is 0.481 e. The minimum atomic E-state index is -0.800. The number of hydrogen-bond donors (Lipinski definition) is 2. The van der Waals surface area contributed by atoms with E-state index >= 15 is 0 Å². The number of hydrogen-bond acceptors (Lipinski definition) is 2. The van der Waals surface area contributed by atoms with Gasteiger partial charge in [-0.15, -0.1) is 0 Å². The monoisotopic (exact) mass is 260 g/mol. The van der Waals surface area contributed by atoms with Gasteiger partial charge in [-0.25, -0.2) is 0 Å². The van der Waals surface area contributed by atoms with Crippen molar-refractivity contribution >= 4 is 11.5 Å². The molecule has 5 heteroatoms. The summed E-state index contributed by atoms with van der Waals surface area (Å²) in [6.45, 7) is 4.17. The summed E-state index contributed by atoms with van der Waals surface area (Å²) in [6, 6.07) is 1.89. The smallest absolute Gasteiger partial charge is 0.304 e. The Kier molecular flexibility index (Phi) is 2.36. The fraction of sp³-hybridized carbons (Fsp3) is 0.429. The zero-order valence-electron chi connectivity index (χ0n) is 10.9. The fourth-order valence-corrected chi connectivity index (χ4v) is 3.26. The van der Waals surface area contributed by atoms with Crippen LogP contribution in [0.15, 0.2) is 23.3 Å². The molecule has 0 amide bonds.